The maximum atomic E-state index is 12.4. The topological polar surface area (TPSA) is 51.2 Å². The number of hydrogen-bond donors (Lipinski definition) is 1. The van der Waals surface area contributed by atoms with Gasteiger partial charge in [0.2, 0.25) is 5.91 Å². The molecule has 4 aromatic carbocycles. The van der Waals surface area contributed by atoms with Crippen molar-refractivity contribution in [3.63, 3.8) is 0 Å². The van der Waals surface area contributed by atoms with Gasteiger partial charge in [-0.2, -0.15) is 5.10 Å². The molecule has 1 fully saturated rings. The van der Waals surface area contributed by atoms with Crippen LogP contribution in [0.2, 0.25) is 0 Å². The highest BCUT2D eigenvalue weighted by Crippen LogP contribution is 2.33. The molecule has 6 heteroatoms. The molecular weight excluding hydrogens is 470 g/mol. The fraction of sp³-hybridized carbons (Fsp3) is 0.188. The molecule has 6 nitrogen and oxygen atoms in total. The van der Waals surface area contributed by atoms with Crippen molar-refractivity contribution in [2.45, 2.75) is 6.42 Å². The summed E-state index contributed by atoms with van der Waals surface area (Å²) in [5.74, 6) is -0.0670. The molecule has 0 atom stereocenters. The van der Waals surface area contributed by atoms with Gasteiger partial charge in [0.25, 0.3) is 0 Å². The van der Waals surface area contributed by atoms with Crippen LogP contribution in [0.3, 0.4) is 0 Å². The fourth-order valence-electron chi connectivity index (χ4n) is 4.67. The van der Waals surface area contributed by atoms with E-state index in [4.69, 9.17) is 0 Å². The smallest absolute Gasteiger partial charge is 0.241 e. The molecule has 0 aliphatic carbocycles. The average molecular weight is 504 g/mol. The molecule has 0 bridgehead atoms. The second-order valence-corrected chi connectivity index (χ2v) is 9.31. The molecule has 0 saturated carbocycles. The molecule has 1 heterocycles. The number of hydrazone groups is 1. The number of anilines is 4. The molecule has 38 heavy (non-hydrogen) atoms. The standard InChI is InChI=1S/C32H33N5O/c38-32(20-21-35-22-24-36(25-23-35)28-10-4-1-5-11-28)34-33-26-27-16-18-31(19-17-27)37(29-12-6-2-7-13-29)30-14-8-3-9-15-30/h1-19,26H,20-25H2,(H,34,38). The van der Waals surface area contributed by atoms with Crippen LogP contribution in [-0.4, -0.2) is 49.7 Å². The average Bonchev–Trinajstić information content (AvgIpc) is 2.99. The van der Waals surface area contributed by atoms with E-state index in [2.05, 4.69) is 85.9 Å². The Balaban J connectivity index is 1.11. The Morgan fingerprint density at radius 3 is 1.82 bits per heavy atom. The molecule has 1 saturated heterocycles. The van der Waals surface area contributed by atoms with Crippen LogP contribution in [0.1, 0.15) is 12.0 Å². The van der Waals surface area contributed by atoms with Crippen LogP contribution in [0, 0.1) is 0 Å². The Morgan fingerprint density at radius 1 is 0.711 bits per heavy atom. The van der Waals surface area contributed by atoms with E-state index < -0.39 is 0 Å². The molecule has 0 unspecified atom stereocenters. The maximum absolute atomic E-state index is 12.4. The highest BCUT2D eigenvalue weighted by molar-refractivity contribution is 5.84. The SMILES string of the molecule is O=C(CCN1CCN(c2ccccc2)CC1)NN=Cc1ccc(N(c2ccccc2)c2ccccc2)cc1. The maximum Gasteiger partial charge on any atom is 0.241 e. The molecule has 1 aliphatic rings. The van der Waals surface area contributed by atoms with Crippen LogP contribution < -0.4 is 15.2 Å². The number of carbonyl (C=O) groups is 1. The van der Waals surface area contributed by atoms with E-state index >= 15 is 0 Å². The zero-order chi connectivity index (χ0) is 26.0. The van der Waals surface area contributed by atoms with Gasteiger partial charge in [-0.25, -0.2) is 5.43 Å². The Bertz CT molecular complexity index is 1260. The summed E-state index contributed by atoms with van der Waals surface area (Å²) in [6.45, 7) is 4.62. The Labute approximate surface area is 224 Å². The van der Waals surface area contributed by atoms with Gasteiger partial charge < -0.3 is 9.80 Å². The predicted octanol–water partition coefficient (Wildman–Crippen LogP) is 5.82. The fourth-order valence-corrected chi connectivity index (χ4v) is 4.67. The van der Waals surface area contributed by atoms with Crippen LogP contribution in [0.15, 0.2) is 120 Å². The van der Waals surface area contributed by atoms with E-state index in [1.54, 1.807) is 6.21 Å². The molecule has 4 aromatic rings. The number of rotatable bonds is 9. The third-order valence-electron chi connectivity index (χ3n) is 6.73. The zero-order valence-corrected chi connectivity index (χ0v) is 21.5. The van der Waals surface area contributed by atoms with Crippen molar-refractivity contribution in [3.05, 3.63) is 121 Å². The largest absolute Gasteiger partial charge is 0.369 e. The summed E-state index contributed by atoms with van der Waals surface area (Å²) in [6, 6.07) is 39.2. The highest BCUT2D eigenvalue weighted by Gasteiger charge is 2.17. The van der Waals surface area contributed by atoms with Gasteiger partial charge in [0.05, 0.1) is 6.21 Å². The van der Waals surface area contributed by atoms with Gasteiger partial charge in [-0.3, -0.25) is 9.69 Å². The Hall–Kier alpha value is -4.42. The summed E-state index contributed by atoms with van der Waals surface area (Å²) >= 11 is 0. The number of nitrogens with zero attached hydrogens (tertiary/aromatic N) is 4. The minimum Gasteiger partial charge on any atom is -0.369 e. The van der Waals surface area contributed by atoms with E-state index in [9.17, 15) is 4.79 Å². The number of hydrogen-bond acceptors (Lipinski definition) is 5. The lowest BCUT2D eigenvalue weighted by Gasteiger charge is -2.36. The minimum absolute atomic E-state index is 0.0670. The lowest BCUT2D eigenvalue weighted by Crippen LogP contribution is -2.47. The highest BCUT2D eigenvalue weighted by atomic mass is 16.2. The van der Waals surface area contributed by atoms with Crippen molar-refractivity contribution < 1.29 is 4.79 Å². The number of para-hydroxylation sites is 3. The van der Waals surface area contributed by atoms with Gasteiger partial charge in [0, 0.05) is 61.9 Å². The normalized spacial score (nSPS) is 13.9. The van der Waals surface area contributed by atoms with Gasteiger partial charge in [-0.05, 0) is 54.1 Å². The second-order valence-electron chi connectivity index (χ2n) is 9.31. The van der Waals surface area contributed by atoms with Crippen LogP contribution in [0.4, 0.5) is 22.7 Å². The van der Waals surface area contributed by atoms with E-state index in [0.717, 1.165) is 55.3 Å². The van der Waals surface area contributed by atoms with Gasteiger partial charge in [0.1, 0.15) is 0 Å². The van der Waals surface area contributed by atoms with Gasteiger partial charge in [-0.15, -0.1) is 0 Å². The number of piperazine rings is 1. The lowest BCUT2D eigenvalue weighted by molar-refractivity contribution is -0.121. The molecule has 1 aliphatic heterocycles. The summed E-state index contributed by atoms with van der Waals surface area (Å²) in [5.41, 5.74) is 8.10. The van der Waals surface area contributed by atoms with Crippen molar-refractivity contribution in [2.24, 2.45) is 5.10 Å². The second kappa shape index (κ2) is 12.7. The van der Waals surface area contributed by atoms with Crippen LogP contribution in [0.5, 0.6) is 0 Å². The Kier molecular flexibility index (Phi) is 8.44. The molecule has 192 valence electrons. The van der Waals surface area contributed by atoms with Crippen molar-refractivity contribution in [1.82, 2.24) is 10.3 Å². The molecule has 0 spiro atoms. The minimum atomic E-state index is -0.0670. The number of nitrogens with one attached hydrogen (secondary N) is 1. The van der Waals surface area contributed by atoms with E-state index in [-0.39, 0.29) is 5.91 Å². The predicted molar refractivity (Wildman–Crippen MR) is 157 cm³/mol. The van der Waals surface area contributed by atoms with Crippen LogP contribution >= 0.6 is 0 Å². The van der Waals surface area contributed by atoms with Gasteiger partial charge in [-0.1, -0.05) is 66.7 Å². The zero-order valence-electron chi connectivity index (χ0n) is 21.5. The van der Waals surface area contributed by atoms with Crippen LogP contribution in [0.25, 0.3) is 0 Å². The van der Waals surface area contributed by atoms with Crippen molar-refractivity contribution in [1.29, 1.82) is 0 Å². The van der Waals surface area contributed by atoms with E-state index in [1.165, 1.54) is 5.69 Å². The first kappa shape index (κ1) is 25.2. The third kappa shape index (κ3) is 6.66. The first-order valence-corrected chi connectivity index (χ1v) is 13.1. The summed E-state index contributed by atoms with van der Waals surface area (Å²) in [5, 5.41) is 4.18. The third-order valence-corrected chi connectivity index (χ3v) is 6.73. The first-order chi connectivity index (χ1) is 18.8. The summed E-state index contributed by atoms with van der Waals surface area (Å²) in [6.07, 6.45) is 2.13. The lowest BCUT2D eigenvalue weighted by atomic mass is 10.1. The van der Waals surface area contributed by atoms with E-state index in [1.807, 2.05) is 54.6 Å². The summed E-state index contributed by atoms with van der Waals surface area (Å²) in [7, 11) is 0. The van der Waals surface area contributed by atoms with Gasteiger partial charge >= 0.3 is 0 Å². The quantitative estimate of drug-likeness (QED) is 0.231. The van der Waals surface area contributed by atoms with Gasteiger partial charge in [0.15, 0.2) is 0 Å². The number of benzene rings is 4. The molecule has 5 rings (SSSR count). The van der Waals surface area contributed by atoms with Crippen molar-refractivity contribution in [3.8, 4) is 0 Å². The Morgan fingerprint density at radius 2 is 1.24 bits per heavy atom. The monoisotopic (exact) mass is 503 g/mol. The van der Waals surface area contributed by atoms with Crippen molar-refractivity contribution >= 4 is 34.9 Å². The molecular formula is C32H33N5O. The molecule has 0 radical (unpaired) electrons. The van der Waals surface area contributed by atoms with Crippen LogP contribution in [-0.2, 0) is 4.79 Å². The first-order valence-electron chi connectivity index (χ1n) is 13.1. The molecule has 1 N–H and O–H groups in total. The molecule has 1 amide bonds. The number of carbonyl (C=O) groups excluding carboxylic acids is 1. The van der Waals surface area contributed by atoms with Crippen molar-refractivity contribution in [2.75, 3.05) is 42.5 Å². The van der Waals surface area contributed by atoms with E-state index in [0.29, 0.717) is 6.42 Å². The molecule has 0 aromatic heterocycles. The number of amides is 1. The summed E-state index contributed by atoms with van der Waals surface area (Å²) < 4.78 is 0. The summed E-state index contributed by atoms with van der Waals surface area (Å²) in [4.78, 5) is 19.3.